The van der Waals surface area contributed by atoms with E-state index in [0.717, 1.165) is 28.1 Å². The lowest BCUT2D eigenvalue weighted by Crippen LogP contribution is -2.22. The Hall–Kier alpha value is -3.59. The number of hydrogen-bond donors (Lipinski definition) is 0. The lowest BCUT2D eigenvalue weighted by atomic mass is 10.2. The van der Waals surface area contributed by atoms with Crippen LogP contribution in [-0.2, 0) is 5.75 Å². The summed E-state index contributed by atoms with van der Waals surface area (Å²) in [5.41, 5.74) is 4.10. The maximum Gasteiger partial charge on any atom is 0.267 e. The zero-order chi connectivity index (χ0) is 22.4. The second-order valence-corrected chi connectivity index (χ2v) is 8.48. The van der Waals surface area contributed by atoms with Crippen LogP contribution < -0.4 is 10.3 Å². The molecule has 3 aromatic heterocycles. The summed E-state index contributed by atoms with van der Waals surface area (Å²) in [5, 5.41) is 14.1. The third-order valence-electron chi connectivity index (χ3n) is 5.50. The van der Waals surface area contributed by atoms with Crippen LogP contribution >= 0.6 is 11.8 Å². The van der Waals surface area contributed by atoms with Crippen LogP contribution in [0.15, 0.2) is 56.9 Å². The van der Waals surface area contributed by atoms with E-state index < -0.39 is 0 Å². The Kier molecular flexibility index (Phi) is 4.97. The molecule has 0 radical (unpaired) electrons. The Morgan fingerprint density at radius 3 is 2.66 bits per heavy atom. The molecule has 0 N–H and O–H groups in total. The van der Waals surface area contributed by atoms with E-state index in [1.165, 1.54) is 11.8 Å². The minimum Gasteiger partial charge on any atom is -0.495 e. The van der Waals surface area contributed by atoms with E-state index in [-0.39, 0.29) is 5.56 Å². The Morgan fingerprint density at radius 2 is 1.91 bits per heavy atom. The van der Waals surface area contributed by atoms with Crippen molar-refractivity contribution in [3.63, 3.8) is 0 Å². The van der Waals surface area contributed by atoms with Gasteiger partial charge in [0.05, 0.1) is 29.4 Å². The minimum absolute atomic E-state index is 0.174. The summed E-state index contributed by atoms with van der Waals surface area (Å²) in [5.74, 6) is 2.43. The molecule has 3 heterocycles. The number of thioether (sulfide) groups is 1. The Balaban J connectivity index is 1.77. The first-order valence-electron chi connectivity index (χ1n) is 10.1. The number of para-hydroxylation sites is 1. The molecule has 0 aliphatic rings. The lowest BCUT2D eigenvalue weighted by Gasteiger charge is -2.14. The van der Waals surface area contributed by atoms with Gasteiger partial charge in [0.15, 0.2) is 5.16 Å². The van der Waals surface area contributed by atoms with Gasteiger partial charge in [0.2, 0.25) is 5.78 Å². The summed E-state index contributed by atoms with van der Waals surface area (Å²) >= 11 is 1.52. The Labute approximate surface area is 187 Å². The summed E-state index contributed by atoms with van der Waals surface area (Å²) in [6.45, 7) is 5.79. The Morgan fingerprint density at radius 1 is 1.09 bits per heavy atom. The molecule has 5 aromatic rings. The van der Waals surface area contributed by atoms with Crippen LogP contribution in [0.1, 0.15) is 22.6 Å². The summed E-state index contributed by atoms with van der Waals surface area (Å²) in [7, 11) is 1.59. The van der Waals surface area contributed by atoms with Crippen LogP contribution in [0.2, 0.25) is 0 Å². The second kappa shape index (κ2) is 7.83. The van der Waals surface area contributed by atoms with Gasteiger partial charge in [0, 0.05) is 11.3 Å². The summed E-state index contributed by atoms with van der Waals surface area (Å²) in [4.78, 5) is 13.6. The van der Waals surface area contributed by atoms with Gasteiger partial charge in [0.25, 0.3) is 5.56 Å². The first-order chi connectivity index (χ1) is 15.5. The fourth-order valence-electron chi connectivity index (χ4n) is 3.81. The van der Waals surface area contributed by atoms with Crippen molar-refractivity contribution in [2.45, 2.75) is 31.7 Å². The van der Waals surface area contributed by atoms with Crippen LogP contribution in [0.25, 0.3) is 22.4 Å². The van der Waals surface area contributed by atoms with Crippen LogP contribution in [-0.4, -0.2) is 31.4 Å². The molecule has 0 unspecified atom stereocenters. The zero-order valence-electron chi connectivity index (χ0n) is 18.1. The van der Waals surface area contributed by atoms with Gasteiger partial charge in [-0.3, -0.25) is 9.20 Å². The first kappa shape index (κ1) is 20.3. The van der Waals surface area contributed by atoms with Crippen molar-refractivity contribution in [1.82, 2.24) is 24.3 Å². The lowest BCUT2D eigenvalue weighted by molar-refractivity contribution is 0.392. The molecule has 0 spiro atoms. The molecule has 0 aliphatic heterocycles. The van der Waals surface area contributed by atoms with Crippen molar-refractivity contribution in [2.24, 2.45) is 0 Å². The molecule has 0 amide bonds. The molecule has 9 heteroatoms. The summed E-state index contributed by atoms with van der Waals surface area (Å²) in [6.07, 6.45) is 0. The number of nitrogens with zero attached hydrogens (tertiary/aromatic N) is 5. The molecule has 32 heavy (non-hydrogen) atoms. The molecule has 8 nitrogen and oxygen atoms in total. The average molecular weight is 448 g/mol. The average Bonchev–Trinajstić information content (AvgIpc) is 3.35. The molecule has 0 fully saturated rings. The fourth-order valence-corrected chi connectivity index (χ4v) is 4.90. The highest BCUT2D eigenvalue weighted by molar-refractivity contribution is 7.98. The van der Waals surface area contributed by atoms with Crippen molar-refractivity contribution >= 4 is 28.4 Å². The minimum atomic E-state index is -0.174. The van der Waals surface area contributed by atoms with Gasteiger partial charge in [-0.15, -0.1) is 10.2 Å². The van der Waals surface area contributed by atoms with Crippen molar-refractivity contribution in [3.8, 4) is 11.4 Å². The largest absolute Gasteiger partial charge is 0.495 e. The maximum absolute atomic E-state index is 13.6. The molecule has 0 saturated carbocycles. The van der Waals surface area contributed by atoms with Gasteiger partial charge in [0.1, 0.15) is 11.5 Å². The number of methoxy groups -OCH3 is 1. The SMILES string of the molecule is COc1ccc(C)cc1-n1c(=O)c2ccccc2n2c(SCc3c(C)noc3C)nnc12. The van der Waals surface area contributed by atoms with E-state index in [9.17, 15) is 4.79 Å². The number of aromatic nitrogens is 5. The maximum atomic E-state index is 13.6. The van der Waals surface area contributed by atoms with E-state index in [2.05, 4.69) is 15.4 Å². The van der Waals surface area contributed by atoms with Gasteiger partial charge in [-0.25, -0.2) is 4.57 Å². The summed E-state index contributed by atoms with van der Waals surface area (Å²) in [6, 6.07) is 13.2. The van der Waals surface area contributed by atoms with Crippen LogP contribution in [0.3, 0.4) is 0 Å². The van der Waals surface area contributed by atoms with Gasteiger partial charge < -0.3 is 9.26 Å². The highest BCUT2D eigenvalue weighted by Crippen LogP contribution is 2.30. The number of rotatable bonds is 5. The van der Waals surface area contributed by atoms with E-state index in [1.54, 1.807) is 11.7 Å². The van der Waals surface area contributed by atoms with Crippen molar-refractivity contribution in [2.75, 3.05) is 7.11 Å². The molecular weight excluding hydrogens is 426 g/mol. The van der Waals surface area contributed by atoms with E-state index in [1.807, 2.05) is 67.6 Å². The summed E-state index contributed by atoms with van der Waals surface area (Å²) < 4.78 is 14.3. The van der Waals surface area contributed by atoms with Crippen LogP contribution in [0.4, 0.5) is 0 Å². The number of ether oxygens (including phenoxy) is 1. The normalized spacial score (nSPS) is 11.5. The van der Waals surface area contributed by atoms with Gasteiger partial charge >= 0.3 is 0 Å². The fraction of sp³-hybridized carbons (Fsp3) is 0.217. The molecule has 2 aromatic carbocycles. The van der Waals surface area contributed by atoms with E-state index >= 15 is 0 Å². The standard InChI is InChI=1S/C23H21N5O3S/c1-13-9-10-20(30-4)19(11-13)27-21(29)16-7-5-6-8-18(16)28-22(27)24-25-23(28)32-12-17-14(2)26-31-15(17)3/h5-11H,12H2,1-4H3. The van der Waals surface area contributed by atoms with Crippen LogP contribution in [0, 0.1) is 20.8 Å². The monoisotopic (exact) mass is 447 g/mol. The highest BCUT2D eigenvalue weighted by Gasteiger charge is 2.21. The topological polar surface area (TPSA) is 87.5 Å². The third kappa shape index (κ3) is 3.16. The van der Waals surface area contributed by atoms with E-state index in [4.69, 9.17) is 9.26 Å². The molecule has 0 bridgehead atoms. The quantitative estimate of drug-likeness (QED) is 0.372. The van der Waals surface area contributed by atoms with Gasteiger partial charge in [-0.05, 0) is 50.6 Å². The smallest absolute Gasteiger partial charge is 0.267 e. The van der Waals surface area contributed by atoms with Crippen LogP contribution in [0.5, 0.6) is 5.75 Å². The van der Waals surface area contributed by atoms with Crippen molar-refractivity contribution in [3.05, 3.63) is 75.4 Å². The molecule has 5 rings (SSSR count). The third-order valence-corrected chi connectivity index (χ3v) is 6.45. The zero-order valence-corrected chi connectivity index (χ0v) is 18.9. The predicted molar refractivity (Wildman–Crippen MR) is 123 cm³/mol. The van der Waals surface area contributed by atoms with Crippen molar-refractivity contribution in [1.29, 1.82) is 0 Å². The predicted octanol–water partition coefficient (Wildman–Crippen LogP) is 4.25. The van der Waals surface area contributed by atoms with E-state index in [0.29, 0.717) is 33.5 Å². The number of fused-ring (bicyclic) bond motifs is 3. The molecular formula is C23H21N5O3S. The van der Waals surface area contributed by atoms with Gasteiger partial charge in [-0.1, -0.05) is 35.1 Å². The number of aryl methyl sites for hydroxylation is 3. The highest BCUT2D eigenvalue weighted by atomic mass is 32.2. The first-order valence-corrected chi connectivity index (χ1v) is 11.1. The number of benzene rings is 2. The number of hydrogen-bond acceptors (Lipinski definition) is 7. The Bertz CT molecular complexity index is 1510. The van der Waals surface area contributed by atoms with Crippen molar-refractivity contribution < 1.29 is 9.26 Å². The molecule has 0 aliphatic carbocycles. The molecule has 162 valence electrons. The molecule has 0 atom stereocenters. The second-order valence-electron chi connectivity index (χ2n) is 7.54. The van der Waals surface area contributed by atoms with Gasteiger partial charge in [-0.2, -0.15) is 0 Å². The molecule has 0 saturated heterocycles.